The van der Waals surface area contributed by atoms with E-state index in [1.54, 1.807) is 18.2 Å². The van der Waals surface area contributed by atoms with E-state index >= 15 is 0 Å². The molecule has 1 aromatic heterocycles. The fourth-order valence-corrected chi connectivity index (χ4v) is 2.00. The molecule has 0 aliphatic carbocycles. The third-order valence-corrected chi connectivity index (χ3v) is 3.00. The summed E-state index contributed by atoms with van der Waals surface area (Å²) >= 11 is 0. The molecular weight excluding hydrogens is 264 g/mol. The van der Waals surface area contributed by atoms with Crippen molar-refractivity contribution in [1.82, 2.24) is 9.97 Å². The van der Waals surface area contributed by atoms with E-state index < -0.39 is 11.6 Å². The Balaban J connectivity index is 1.78. The number of fused-ring (bicyclic) bond motifs is 1. The molecule has 1 heterocycles. The van der Waals surface area contributed by atoms with Crippen LogP contribution in [-0.2, 0) is 6.54 Å². The molecule has 0 bridgehead atoms. The maximum atomic E-state index is 13.1. The van der Waals surface area contributed by atoms with E-state index in [2.05, 4.69) is 15.3 Å². The monoisotopic (exact) mass is 275 g/mol. The van der Waals surface area contributed by atoms with Crippen LogP contribution in [0.15, 0.2) is 41.2 Å². The lowest BCUT2D eigenvalue weighted by atomic mass is 10.2. The Bertz CT molecular complexity index is 823. The number of rotatable bonds is 3. The molecule has 3 N–H and O–H groups in total. The van der Waals surface area contributed by atoms with E-state index in [-0.39, 0.29) is 5.69 Å². The van der Waals surface area contributed by atoms with Gasteiger partial charge in [-0.1, -0.05) is 6.07 Å². The molecule has 0 saturated carbocycles. The third-order valence-electron chi connectivity index (χ3n) is 3.00. The first-order chi connectivity index (χ1) is 9.61. The van der Waals surface area contributed by atoms with Crippen LogP contribution in [0.25, 0.3) is 11.0 Å². The number of hydrogen-bond acceptors (Lipinski definition) is 2. The molecule has 0 aliphatic heterocycles. The number of halogens is 2. The lowest BCUT2D eigenvalue weighted by Crippen LogP contribution is -2.00. The summed E-state index contributed by atoms with van der Waals surface area (Å²) in [5.41, 5.74) is 2.54. The van der Waals surface area contributed by atoms with E-state index in [9.17, 15) is 13.6 Å². The highest BCUT2D eigenvalue weighted by Gasteiger charge is 2.03. The first-order valence-corrected chi connectivity index (χ1v) is 6.02. The molecule has 0 amide bonds. The van der Waals surface area contributed by atoms with Crippen molar-refractivity contribution in [2.75, 3.05) is 5.32 Å². The highest BCUT2D eigenvalue weighted by Crippen LogP contribution is 2.16. The van der Waals surface area contributed by atoms with Crippen LogP contribution in [0.2, 0.25) is 0 Å². The maximum absolute atomic E-state index is 13.1. The number of benzene rings is 2. The van der Waals surface area contributed by atoms with Crippen LogP contribution in [0.1, 0.15) is 5.56 Å². The van der Waals surface area contributed by atoms with E-state index in [1.165, 1.54) is 6.07 Å². The van der Waals surface area contributed by atoms with Crippen LogP contribution in [-0.4, -0.2) is 9.97 Å². The largest absolute Gasteiger partial charge is 0.381 e. The topological polar surface area (TPSA) is 60.7 Å². The summed E-state index contributed by atoms with van der Waals surface area (Å²) in [4.78, 5) is 16.4. The van der Waals surface area contributed by atoms with Gasteiger partial charge in [0.15, 0.2) is 11.6 Å². The normalized spacial score (nSPS) is 10.9. The number of aromatic amines is 2. The zero-order valence-electron chi connectivity index (χ0n) is 10.3. The summed E-state index contributed by atoms with van der Waals surface area (Å²) in [6, 6.07) is 9.10. The minimum atomic E-state index is -0.866. The number of hydrogen-bond donors (Lipinski definition) is 3. The van der Waals surface area contributed by atoms with Crippen LogP contribution in [0.4, 0.5) is 14.5 Å². The van der Waals surface area contributed by atoms with Gasteiger partial charge < -0.3 is 15.3 Å². The fourth-order valence-electron chi connectivity index (χ4n) is 2.00. The van der Waals surface area contributed by atoms with Gasteiger partial charge in [-0.3, -0.25) is 0 Å². The maximum Gasteiger partial charge on any atom is 0.323 e. The number of nitrogens with one attached hydrogen (secondary N) is 3. The SMILES string of the molecule is O=c1[nH]c2ccc(NCc3ccc(F)c(F)c3)cc2[nH]1. The predicted molar refractivity (Wildman–Crippen MR) is 72.6 cm³/mol. The third kappa shape index (κ3) is 2.40. The number of H-pyrrole nitrogens is 2. The molecule has 0 saturated heterocycles. The van der Waals surface area contributed by atoms with Gasteiger partial charge in [0.25, 0.3) is 0 Å². The summed E-state index contributed by atoms with van der Waals surface area (Å²) in [6.45, 7) is 0.358. The van der Waals surface area contributed by atoms with Crippen molar-refractivity contribution in [2.24, 2.45) is 0 Å². The lowest BCUT2D eigenvalue weighted by molar-refractivity contribution is 0.507. The smallest absolute Gasteiger partial charge is 0.323 e. The molecule has 20 heavy (non-hydrogen) atoms. The Morgan fingerprint density at radius 2 is 1.75 bits per heavy atom. The zero-order chi connectivity index (χ0) is 14.1. The molecule has 0 radical (unpaired) electrons. The average molecular weight is 275 g/mol. The fraction of sp³-hybridized carbons (Fsp3) is 0.0714. The Morgan fingerprint density at radius 1 is 0.950 bits per heavy atom. The molecule has 2 aromatic carbocycles. The van der Waals surface area contributed by atoms with Crippen LogP contribution >= 0.6 is 0 Å². The molecule has 102 valence electrons. The first kappa shape index (κ1) is 12.4. The van der Waals surface area contributed by atoms with Crippen molar-refractivity contribution in [3.05, 3.63) is 64.1 Å². The van der Waals surface area contributed by atoms with E-state index in [4.69, 9.17) is 0 Å². The van der Waals surface area contributed by atoms with Gasteiger partial charge >= 0.3 is 5.69 Å². The number of aromatic nitrogens is 2. The average Bonchev–Trinajstić information content (AvgIpc) is 2.79. The summed E-state index contributed by atoms with van der Waals surface area (Å²) < 4.78 is 25.9. The molecule has 6 heteroatoms. The molecule has 3 aromatic rings. The number of anilines is 1. The van der Waals surface area contributed by atoms with Crippen molar-refractivity contribution in [1.29, 1.82) is 0 Å². The molecular formula is C14H11F2N3O. The van der Waals surface area contributed by atoms with Gasteiger partial charge in [0.2, 0.25) is 0 Å². The van der Waals surface area contributed by atoms with Gasteiger partial charge in [-0.25, -0.2) is 13.6 Å². The molecule has 0 atom stereocenters. The van der Waals surface area contributed by atoms with Gasteiger partial charge in [-0.05, 0) is 35.9 Å². The second kappa shape index (κ2) is 4.80. The summed E-state index contributed by atoms with van der Waals surface area (Å²) in [5.74, 6) is -1.73. The van der Waals surface area contributed by atoms with Gasteiger partial charge in [0, 0.05) is 12.2 Å². The van der Waals surface area contributed by atoms with Crippen molar-refractivity contribution in [3.63, 3.8) is 0 Å². The Labute approximate surface area is 112 Å². The Morgan fingerprint density at radius 3 is 2.55 bits per heavy atom. The van der Waals surface area contributed by atoms with Crippen molar-refractivity contribution in [2.45, 2.75) is 6.54 Å². The minimum absolute atomic E-state index is 0.266. The summed E-state index contributed by atoms with van der Waals surface area (Å²) in [7, 11) is 0. The van der Waals surface area contributed by atoms with E-state index in [0.29, 0.717) is 23.1 Å². The van der Waals surface area contributed by atoms with Gasteiger partial charge in [-0.15, -0.1) is 0 Å². The van der Waals surface area contributed by atoms with Crippen molar-refractivity contribution < 1.29 is 8.78 Å². The van der Waals surface area contributed by atoms with Crippen molar-refractivity contribution in [3.8, 4) is 0 Å². The van der Waals surface area contributed by atoms with Crippen molar-refractivity contribution >= 4 is 16.7 Å². The first-order valence-electron chi connectivity index (χ1n) is 6.02. The van der Waals surface area contributed by atoms with E-state index in [0.717, 1.165) is 17.8 Å². The minimum Gasteiger partial charge on any atom is -0.381 e. The summed E-state index contributed by atoms with van der Waals surface area (Å²) in [6.07, 6.45) is 0. The molecule has 0 unspecified atom stereocenters. The van der Waals surface area contributed by atoms with Gasteiger partial charge in [0.05, 0.1) is 11.0 Å². The van der Waals surface area contributed by atoms with Crippen LogP contribution in [0.5, 0.6) is 0 Å². The van der Waals surface area contributed by atoms with Crippen LogP contribution < -0.4 is 11.0 Å². The Kier molecular flexibility index (Phi) is 2.98. The molecule has 0 spiro atoms. The standard InChI is InChI=1S/C14H11F2N3O/c15-10-3-1-8(5-11(10)16)7-17-9-2-4-12-13(6-9)19-14(20)18-12/h1-6,17H,7H2,(H2,18,19,20). The van der Waals surface area contributed by atoms with E-state index in [1.807, 2.05) is 0 Å². The zero-order valence-corrected chi connectivity index (χ0v) is 10.3. The van der Waals surface area contributed by atoms with Crippen LogP contribution in [0, 0.1) is 11.6 Å². The predicted octanol–water partition coefficient (Wildman–Crippen LogP) is 2.75. The molecule has 0 fully saturated rings. The molecule has 3 rings (SSSR count). The van der Waals surface area contributed by atoms with Gasteiger partial charge in [0.1, 0.15) is 0 Å². The highest BCUT2D eigenvalue weighted by atomic mass is 19.2. The summed E-state index contributed by atoms with van der Waals surface area (Å²) in [5, 5.41) is 3.08. The highest BCUT2D eigenvalue weighted by molar-refractivity contribution is 5.78. The number of imidazole rings is 1. The Hall–Kier alpha value is -2.63. The lowest BCUT2D eigenvalue weighted by Gasteiger charge is -2.07. The van der Waals surface area contributed by atoms with Gasteiger partial charge in [-0.2, -0.15) is 0 Å². The molecule has 0 aliphatic rings. The molecule has 4 nitrogen and oxygen atoms in total. The second-order valence-corrected chi connectivity index (χ2v) is 4.44. The second-order valence-electron chi connectivity index (χ2n) is 4.44. The van der Waals surface area contributed by atoms with Crippen LogP contribution in [0.3, 0.4) is 0 Å². The quantitative estimate of drug-likeness (QED) is 0.688.